The number of halogens is 4. The second-order valence-corrected chi connectivity index (χ2v) is 5.15. The molecule has 3 rings (SSSR count). The second kappa shape index (κ2) is 3.96. The van der Waals surface area contributed by atoms with E-state index >= 15 is 0 Å². The molecule has 1 heterocycles. The first-order valence-electron chi connectivity index (χ1n) is 4.74. The lowest BCUT2D eigenvalue weighted by Gasteiger charge is -1.99. The Hall–Kier alpha value is -0.600. The van der Waals surface area contributed by atoms with E-state index in [2.05, 4.69) is 0 Å². The van der Waals surface area contributed by atoms with Crippen LogP contribution in [0.4, 0.5) is 0 Å². The van der Waals surface area contributed by atoms with Gasteiger partial charge < -0.3 is 4.42 Å². The number of rotatable bonds is 0. The van der Waals surface area contributed by atoms with Crippen LogP contribution in [-0.4, -0.2) is 0 Å². The molecule has 0 aliphatic rings. The van der Waals surface area contributed by atoms with Crippen molar-refractivity contribution in [1.29, 1.82) is 0 Å². The van der Waals surface area contributed by atoms with Crippen molar-refractivity contribution in [3.63, 3.8) is 0 Å². The SMILES string of the molecule is Clc1cc2oc3c(Cl)cccc3c2c(Cl)c1Cl. The van der Waals surface area contributed by atoms with Crippen LogP contribution in [0.2, 0.25) is 20.1 Å². The van der Waals surface area contributed by atoms with Crippen molar-refractivity contribution in [2.75, 3.05) is 0 Å². The highest BCUT2D eigenvalue weighted by Gasteiger charge is 2.16. The van der Waals surface area contributed by atoms with Gasteiger partial charge >= 0.3 is 0 Å². The zero-order valence-corrected chi connectivity index (χ0v) is 11.3. The van der Waals surface area contributed by atoms with E-state index in [1.807, 2.05) is 12.1 Å². The summed E-state index contributed by atoms with van der Waals surface area (Å²) in [6.07, 6.45) is 0. The van der Waals surface area contributed by atoms with Gasteiger partial charge in [0.25, 0.3) is 0 Å². The largest absolute Gasteiger partial charge is 0.454 e. The fourth-order valence-electron chi connectivity index (χ4n) is 1.82. The molecule has 0 fully saturated rings. The molecule has 1 nitrogen and oxygen atoms in total. The molecular weight excluding hydrogens is 302 g/mol. The lowest BCUT2D eigenvalue weighted by atomic mass is 10.1. The van der Waals surface area contributed by atoms with Gasteiger partial charge in [-0.15, -0.1) is 0 Å². The molecule has 5 heteroatoms. The maximum Gasteiger partial charge on any atom is 0.154 e. The van der Waals surface area contributed by atoms with Crippen LogP contribution in [-0.2, 0) is 0 Å². The lowest BCUT2D eigenvalue weighted by Crippen LogP contribution is -1.74. The quantitative estimate of drug-likeness (QED) is 0.451. The van der Waals surface area contributed by atoms with E-state index in [-0.39, 0.29) is 0 Å². The van der Waals surface area contributed by atoms with Crippen molar-refractivity contribution < 1.29 is 4.42 Å². The van der Waals surface area contributed by atoms with Crippen LogP contribution in [0.5, 0.6) is 0 Å². The zero-order chi connectivity index (χ0) is 12.2. The Morgan fingerprint density at radius 2 is 1.65 bits per heavy atom. The fraction of sp³-hybridized carbons (Fsp3) is 0. The highest BCUT2D eigenvalue weighted by molar-refractivity contribution is 6.51. The summed E-state index contributed by atoms with van der Waals surface area (Å²) in [6.45, 7) is 0. The highest BCUT2D eigenvalue weighted by Crippen LogP contribution is 2.42. The third-order valence-corrected chi connectivity index (χ3v) is 4.13. The first kappa shape index (κ1) is 11.5. The summed E-state index contributed by atoms with van der Waals surface area (Å²) in [7, 11) is 0. The van der Waals surface area contributed by atoms with Crippen LogP contribution in [0, 0.1) is 0 Å². The molecule has 17 heavy (non-hydrogen) atoms. The Morgan fingerprint density at radius 3 is 2.41 bits per heavy atom. The average molecular weight is 306 g/mol. The summed E-state index contributed by atoms with van der Waals surface area (Å²) in [5, 5.41) is 3.16. The van der Waals surface area contributed by atoms with Gasteiger partial charge in [0.05, 0.1) is 20.1 Å². The topological polar surface area (TPSA) is 13.1 Å². The van der Waals surface area contributed by atoms with Gasteiger partial charge in [0, 0.05) is 16.8 Å². The van der Waals surface area contributed by atoms with Crippen LogP contribution in [0.3, 0.4) is 0 Å². The molecule has 0 radical (unpaired) electrons. The summed E-state index contributed by atoms with van der Waals surface area (Å²) in [4.78, 5) is 0. The highest BCUT2D eigenvalue weighted by atomic mass is 35.5. The Kier molecular flexibility index (Phi) is 2.68. The molecule has 0 saturated carbocycles. The van der Waals surface area contributed by atoms with Crippen molar-refractivity contribution in [2.24, 2.45) is 0 Å². The number of hydrogen-bond donors (Lipinski definition) is 0. The monoisotopic (exact) mass is 304 g/mol. The van der Waals surface area contributed by atoms with Gasteiger partial charge in [-0.1, -0.05) is 58.5 Å². The summed E-state index contributed by atoms with van der Waals surface area (Å²) in [6, 6.07) is 7.10. The minimum atomic E-state index is 0.323. The fourth-order valence-corrected chi connectivity index (χ4v) is 2.73. The van der Waals surface area contributed by atoms with E-state index < -0.39 is 0 Å². The lowest BCUT2D eigenvalue weighted by molar-refractivity contribution is 0.669. The molecule has 0 unspecified atom stereocenters. The second-order valence-electron chi connectivity index (χ2n) is 3.58. The van der Waals surface area contributed by atoms with Gasteiger partial charge in [-0.25, -0.2) is 0 Å². The van der Waals surface area contributed by atoms with Crippen molar-refractivity contribution >= 4 is 68.3 Å². The number of para-hydroxylation sites is 1. The summed E-state index contributed by atoms with van der Waals surface area (Å²) in [5.41, 5.74) is 1.16. The number of benzene rings is 2. The van der Waals surface area contributed by atoms with Crippen LogP contribution < -0.4 is 0 Å². The van der Waals surface area contributed by atoms with Crippen LogP contribution in [0.25, 0.3) is 21.9 Å². The summed E-state index contributed by atoms with van der Waals surface area (Å²) in [5.74, 6) is 0. The van der Waals surface area contributed by atoms with Gasteiger partial charge in [0.1, 0.15) is 5.58 Å². The first-order valence-corrected chi connectivity index (χ1v) is 6.25. The van der Waals surface area contributed by atoms with Crippen molar-refractivity contribution in [2.45, 2.75) is 0 Å². The smallest absolute Gasteiger partial charge is 0.154 e. The zero-order valence-electron chi connectivity index (χ0n) is 8.23. The molecule has 2 aromatic carbocycles. The molecule has 0 atom stereocenters. The van der Waals surface area contributed by atoms with Gasteiger partial charge in [-0.3, -0.25) is 0 Å². The number of hydrogen-bond acceptors (Lipinski definition) is 1. The summed E-state index contributed by atoms with van der Waals surface area (Å²) >= 11 is 24.2. The van der Waals surface area contributed by atoms with Crippen LogP contribution >= 0.6 is 46.4 Å². The molecule has 86 valence electrons. The Labute approximate surface area is 117 Å². The van der Waals surface area contributed by atoms with Gasteiger partial charge in [-0.05, 0) is 6.07 Å². The van der Waals surface area contributed by atoms with E-state index in [1.54, 1.807) is 12.1 Å². The third kappa shape index (κ3) is 1.61. The van der Waals surface area contributed by atoms with E-state index in [0.29, 0.717) is 31.3 Å². The summed E-state index contributed by atoms with van der Waals surface area (Å²) < 4.78 is 5.64. The van der Waals surface area contributed by atoms with Crippen molar-refractivity contribution in [3.05, 3.63) is 44.4 Å². The van der Waals surface area contributed by atoms with E-state index in [4.69, 9.17) is 50.8 Å². The Morgan fingerprint density at radius 1 is 0.882 bits per heavy atom. The Bertz CT molecular complexity index is 745. The predicted octanol–water partition coefficient (Wildman–Crippen LogP) is 6.20. The predicted molar refractivity (Wildman–Crippen MR) is 73.8 cm³/mol. The minimum absolute atomic E-state index is 0.323. The molecule has 0 spiro atoms. The molecule has 3 aromatic rings. The standard InChI is InChI=1S/C12H4Cl4O/c13-6-3-1-2-5-9-8(17-12(5)6)4-7(14)10(15)11(9)16/h1-4H. The van der Waals surface area contributed by atoms with E-state index in [1.165, 1.54) is 0 Å². The maximum atomic E-state index is 6.18. The van der Waals surface area contributed by atoms with Crippen molar-refractivity contribution in [3.8, 4) is 0 Å². The van der Waals surface area contributed by atoms with Gasteiger partial charge in [0.15, 0.2) is 5.58 Å². The third-order valence-electron chi connectivity index (χ3n) is 2.57. The van der Waals surface area contributed by atoms with Gasteiger partial charge in [0.2, 0.25) is 0 Å². The van der Waals surface area contributed by atoms with Crippen molar-refractivity contribution in [1.82, 2.24) is 0 Å². The number of fused-ring (bicyclic) bond motifs is 3. The molecule has 0 saturated heterocycles. The molecule has 0 aliphatic heterocycles. The Balaban J connectivity index is 2.62. The van der Waals surface area contributed by atoms with E-state index in [0.717, 1.165) is 10.8 Å². The molecule has 0 N–H and O–H groups in total. The minimum Gasteiger partial charge on any atom is -0.454 e. The van der Waals surface area contributed by atoms with Crippen LogP contribution in [0.15, 0.2) is 28.7 Å². The van der Waals surface area contributed by atoms with Crippen LogP contribution in [0.1, 0.15) is 0 Å². The average Bonchev–Trinajstić information content (AvgIpc) is 2.66. The molecule has 0 bridgehead atoms. The molecule has 0 amide bonds. The van der Waals surface area contributed by atoms with E-state index in [9.17, 15) is 0 Å². The number of furan rings is 1. The molecular formula is C12H4Cl4O. The first-order chi connectivity index (χ1) is 8.09. The normalized spacial score (nSPS) is 11.5. The maximum absolute atomic E-state index is 6.18. The van der Waals surface area contributed by atoms with Gasteiger partial charge in [-0.2, -0.15) is 0 Å². The molecule has 1 aromatic heterocycles. The molecule has 0 aliphatic carbocycles.